The number of ether oxygens (including phenoxy) is 1. The number of unbranched alkanes of at least 4 members (excludes halogenated alkanes) is 2. The van der Waals surface area contributed by atoms with Crippen LogP contribution < -0.4 is 5.73 Å². The molecular weight excluding hydrogens is 188 g/mol. The van der Waals surface area contributed by atoms with E-state index in [1.165, 1.54) is 25.9 Å². The Morgan fingerprint density at radius 1 is 1.13 bits per heavy atom. The van der Waals surface area contributed by atoms with Crippen molar-refractivity contribution in [3.8, 4) is 0 Å². The highest BCUT2D eigenvalue weighted by molar-refractivity contribution is 4.60. The second kappa shape index (κ2) is 10.4. The van der Waals surface area contributed by atoms with E-state index in [9.17, 15) is 0 Å². The van der Waals surface area contributed by atoms with E-state index in [1.807, 2.05) is 0 Å². The number of methoxy groups -OCH3 is 1. The number of hydrogen-bond acceptors (Lipinski definition) is 3. The van der Waals surface area contributed by atoms with Gasteiger partial charge in [0.25, 0.3) is 0 Å². The lowest BCUT2D eigenvalue weighted by Gasteiger charge is -2.23. The van der Waals surface area contributed by atoms with Crippen LogP contribution in [0.2, 0.25) is 0 Å². The third-order valence-corrected chi connectivity index (χ3v) is 2.41. The Balaban J connectivity index is 3.59. The average Bonchev–Trinajstić information content (AvgIpc) is 2.19. The van der Waals surface area contributed by atoms with E-state index in [1.54, 1.807) is 7.11 Å². The summed E-state index contributed by atoms with van der Waals surface area (Å²) in [6, 6.07) is 0. The predicted octanol–water partition coefficient (Wildman–Crippen LogP) is 1.72. The van der Waals surface area contributed by atoms with Gasteiger partial charge in [0.2, 0.25) is 0 Å². The summed E-state index contributed by atoms with van der Waals surface area (Å²) in [5, 5.41) is 0. The Labute approximate surface area is 95.0 Å². The maximum absolute atomic E-state index is 5.47. The molecule has 0 bridgehead atoms. The minimum atomic E-state index is 0.733. The van der Waals surface area contributed by atoms with Gasteiger partial charge in [0, 0.05) is 20.2 Å². The molecule has 0 amide bonds. The molecule has 92 valence electrons. The summed E-state index contributed by atoms with van der Waals surface area (Å²) >= 11 is 0. The van der Waals surface area contributed by atoms with Crippen LogP contribution >= 0.6 is 0 Å². The number of nitrogens with zero attached hydrogens (tertiary/aromatic N) is 1. The fourth-order valence-electron chi connectivity index (χ4n) is 1.69. The predicted molar refractivity (Wildman–Crippen MR) is 66.1 cm³/mol. The molecule has 2 N–H and O–H groups in total. The Bertz CT molecular complexity index is 129. The molecule has 0 aliphatic carbocycles. The molecule has 0 aromatic carbocycles. The first-order chi connectivity index (χ1) is 7.20. The zero-order valence-electron chi connectivity index (χ0n) is 10.7. The van der Waals surface area contributed by atoms with Crippen molar-refractivity contribution in [2.24, 2.45) is 11.7 Å². The van der Waals surface area contributed by atoms with Gasteiger partial charge in [0.05, 0.1) is 6.61 Å². The molecule has 0 saturated heterocycles. The van der Waals surface area contributed by atoms with E-state index in [0.29, 0.717) is 0 Å². The second-order valence-corrected chi connectivity index (χ2v) is 4.54. The fraction of sp³-hybridized carbons (Fsp3) is 1.00. The third-order valence-electron chi connectivity index (χ3n) is 2.41. The Kier molecular flexibility index (Phi) is 10.3. The van der Waals surface area contributed by atoms with Gasteiger partial charge in [-0.05, 0) is 31.8 Å². The lowest BCUT2D eigenvalue weighted by atomic mass is 10.2. The molecule has 0 aromatic rings. The molecule has 0 fully saturated rings. The molecule has 0 radical (unpaired) electrons. The summed E-state index contributed by atoms with van der Waals surface area (Å²) in [6.45, 7) is 9.59. The van der Waals surface area contributed by atoms with Gasteiger partial charge >= 0.3 is 0 Å². The van der Waals surface area contributed by atoms with Crippen molar-refractivity contribution in [2.75, 3.05) is 39.9 Å². The molecule has 0 aliphatic heterocycles. The average molecular weight is 216 g/mol. The van der Waals surface area contributed by atoms with Crippen molar-refractivity contribution < 1.29 is 4.74 Å². The van der Waals surface area contributed by atoms with Crippen LogP contribution in [0.1, 0.15) is 33.1 Å². The van der Waals surface area contributed by atoms with Crippen LogP contribution in [0, 0.1) is 5.92 Å². The van der Waals surface area contributed by atoms with Gasteiger partial charge in [-0.2, -0.15) is 0 Å². The molecule has 3 heteroatoms. The summed E-state index contributed by atoms with van der Waals surface area (Å²) < 4.78 is 5.12. The lowest BCUT2D eigenvalue weighted by Crippen LogP contribution is -2.32. The highest BCUT2D eigenvalue weighted by Gasteiger charge is 2.06. The highest BCUT2D eigenvalue weighted by atomic mass is 16.5. The Hall–Kier alpha value is -0.120. The van der Waals surface area contributed by atoms with Gasteiger partial charge in [-0.15, -0.1) is 0 Å². The molecule has 0 saturated carbocycles. The van der Waals surface area contributed by atoms with E-state index in [0.717, 1.165) is 32.0 Å². The summed E-state index contributed by atoms with van der Waals surface area (Å²) in [7, 11) is 1.77. The van der Waals surface area contributed by atoms with E-state index >= 15 is 0 Å². The van der Waals surface area contributed by atoms with Gasteiger partial charge < -0.3 is 15.4 Å². The monoisotopic (exact) mass is 216 g/mol. The van der Waals surface area contributed by atoms with Crippen LogP contribution in [-0.2, 0) is 4.74 Å². The molecule has 0 aliphatic rings. The van der Waals surface area contributed by atoms with Crippen molar-refractivity contribution in [1.29, 1.82) is 0 Å². The molecule has 3 nitrogen and oxygen atoms in total. The first-order valence-electron chi connectivity index (χ1n) is 6.12. The van der Waals surface area contributed by atoms with Gasteiger partial charge in [-0.3, -0.25) is 0 Å². The largest absolute Gasteiger partial charge is 0.383 e. The van der Waals surface area contributed by atoms with Crippen molar-refractivity contribution in [3.05, 3.63) is 0 Å². The van der Waals surface area contributed by atoms with Gasteiger partial charge in [-0.25, -0.2) is 0 Å². The van der Waals surface area contributed by atoms with Crippen molar-refractivity contribution in [2.45, 2.75) is 33.1 Å². The number of hydrogen-bond donors (Lipinski definition) is 1. The van der Waals surface area contributed by atoms with Crippen LogP contribution in [-0.4, -0.2) is 44.8 Å². The van der Waals surface area contributed by atoms with E-state index in [-0.39, 0.29) is 0 Å². The zero-order chi connectivity index (χ0) is 11.5. The Morgan fingerprint density at radius 2 is 1.87 bits per heavy atom. The summed E-state index contributed by atoms with van der Waals surface area (Å²) in [6.07, 6.45) is 3.66. The number of rotatable bonds is 10. The topological polar surface area (TPSA) is 38.5 Å². The van der Waals surface area contributed by atoms with E-state index < -0.39 is 0 Å². The highest BCUT2D eigenvalue weighted by Crippen LogP contribution is 2.02. The summed E-state index contributed by atoms with van der Waals surface area (Å²) in [5.41, 5.74) is 5.47. The smallest absolute Gasteiger partial charge is 0.0589 e. The van der Waals surface area contributed by atoms with Crippen molar-refractivity contribution in [1.82, 2.24) is 4.90 Å². The van der Waals surface area contributed by atoms with Crippen LogP contribution in [0.5, 0.6) is 0 Å². The molecular formula is C12H28N2O. The van der Waals surface area contributed by atoms with Crippen LogP contribution in [0.4, 0.5) is 0 Å². The molecule has 15 heavy (non-hydrogen) atoms. The molecule has 0 aromatic heterocycles. The van der Waals surface area contributed by atoms with Crippen molar-refractivity contribution in [3.63, 3.8) is 0 Å². The van der Waals surface area contributed by atoms with Crippen LogP contribution in [0.3, 0.4) is 0 Å². The third kappa shape index (κ3) is 10.2. The first kappa shape index (κ1) is 14.9. The normalized spacial score (nSPS) is 11.6. The van der Waals surface area contributed by atoms with Gasteiger partial charge in [-0.1, -0.05) is 20.3 Å². The standard InChI is InChI=1S/C12H28N2O/c1-12(2)11-14(9-10-15-3)8-6-4-5-7-13/h12H,4-11,13H2,1-3H3. The van der Waals surface area contributed by atoms with E-state index in [4.69, 9.17) is 10.5 Å². The molecule has 0 rings (SSSR count). The molecule has 0 heterocycles. The number of nitrogens with two attached hydrogens (primary N) is 1. The quantitative estimate of drug-likeness (QED) is 0.565. The summed E-state index contributed by atoms with van der Waals surface area (Å²) in [4.78, 5) is 2.49. The fourth-order valence-corrected chi connectivity index (χ4v) is 1.69. The van der Waals surface area contributed by atoms with Crippen LogP contribution in [0.15, 0.2) is 0 Å². The lowest BCUT2D eigenvalue weighted by molar-refractivity contribution is 0.138. The first-order valence-corrected chi connectivity index (χ1v) is 6.12. The summed E-state index contributed by atoms with van der Waals surface area (Å²) in [5.74, 6) is 0.733. The minimum absolute atomic E-state index is 0.733. The SMILES string of the molecule is COCCN(CCCCCN)CC(C)C. The molecule has 0 unspecified atom stereocenters. The maximum Gasteiger partial charge on any atom is 0.0589 e. The van der Waals surface area contributed by atoms with E-state index in [2.05, 4.69) is 18.7 Å². The maximum atomic E-state index is 5.47. The molecule has 0 atom stereocenters. The second-order valence-electron chi connectivity index (χ2n) is 4.54. The minimum Gasteiger partial charge on any atom is -0.383 e. The van der Waals surface area contributed by atoms with Gasteiger partial charge in [0.1, 0.15) is 0 Å². The van der Waals surface area contributed by atoms with Gasteiger partial charge in [0.15, 0.2) is 0 Å². The van der Waals surface area contributed by atoms with Crippen LogP contribution in [0.25, 0.3) is 0 Å². The Morgan fingerprint density at radius 3 is 2.40 bits per heavy atom. The van der Waals surface area contributed by atoms with Crippen molar-refractivity contribution >= 4 is 0 Å². The zero-order valence-corrected chi connectivity index (χ0v) is 10.7. The molecule has 0 spiro atoms.